The molecule has 0 unspecified atom stereocenters. The fraction of sp³-hybridized carbons (Fsp3) is 0.320. The van der Waals surface area contributed by atoms with E-state index in [2.05, 4.69) is 42.8 Å². The Bertz CT molecular complexity index is 1230. The summed E-state index contributed by atoms with van der Waals surface area (Å²) in [7, 11) is 0. The van der Waals surface area contributed by atoms with Gasteiger partial charge in [0.05, 0.1) is 6.54 Å². The van der Waals surface area contributed by atoms with Crippen molar-refractivity contribution in [3.63, 3.8) is 0 Å². The Morgan fingerprint density at radius 1 is 1.06 bits per heavy atom. The third kappa shape index (κ3) is 5.59. The van der Waals surface area contributed by atoms with Crippen molar-refractivity contribution in [3.05, 3.63) is 89.0 Å². The SMILES string of the molecule is CC=CCc1nc(C(F)(F)CCC)nn1Cc1ccc(Cc2cccc(-c3nnn[nH]3)c2)cc1. The number of allylic oxidation sites excluding steroid dienone is 2. The molecule has 0 bridgehead atoms. The van der Waals surface area contributed by atoms with Gasteiger partial charge in [-0.2, -0.15) is 8.78 Å². The van der Waals surface area contributed by atoms with E-state index in [9.17, 15) is 8.78 Å². The fourth-order valence-electron chi connectivity index (χ4n) is 3.74. The summed E-state index contributed by atoms with van der Waals surface area (Å²) in [6.45, 7) is 4.01. The van der Waals surface area contributed by atoms with Crippen LogP contribution in [0.4, 0.5) is 8.78 Å². The number of alkyl halides is 2. The fourth-order valence-corrected chi connectivity index (χ4v) is 3.74. The summed E-state index contributed by atoms with van der Waals surface area (Å²) in [4.78, 5) is 4.17. The van der Waals surface area contributed by atoms with Crippen LogP contribution in [0.5, 0.6) is 0 Å². The molecule has 2 aromatic heterocycles. The van der Waals surface area contributed by atoms with Gasteiger partial charge in [-0.05, 0) is 52.9 Å². The van der Waals surface area contributed by atoms with Crippen LogP contribution in [0.1, 0.15) is 55.0 Å². The molecule has 7 nitrogen and oxygen atoms in total. The normalized spacial score (nSPS) is 12.0. The first-order valence-corrected chi connectivity index (χ1v) is 11.3. The van der Waals surface area contributed by atoms with Crippen molar-refractivity contribution in [1.29, 1.82) is 0 Å². The van der Waals surface area contributed by atoms with Crippen LogP contribution in [0.2, 0.25) is 0 Å². The zero-order valence-electron chi connectivity index (χ0n) is 19.2. The van der Waals surface area contributed by atoms with E-state index in [1.165, 1.54) is 0 Å². The summed E-state index contributed by atoms with van der Waals surface area (Å²) in [5.74, 6) is -2.26. The highest BCUT2D eigenvalue weighted by Gasteiger charge is 2.36. The van der Waals surface area contributed by atoms with Gasteiger partial charge in [0.15, 0.2) is 5.82 Å². The first kappa shape index (κ1) is 23.4. The van der Waals surface area contributed by atoms with E-state index in [4.69, 9.17) is 0 Å². The highest BCUT2D eigenvalue weighted by Crippen LogP contribution is 2.30. The molecule has 9 heteroatoms. The number of halogens is 2. The molecule has 4 aromatic rings. The number of hydrogen-bond acceptors (Lipinski definition) is 5. The topological polar surface area (TPSA) is 85.2 Å². The Kier molecular flexibility index (Phi) is 7.20. The molecule has 1 N–H and O–H groups in total. The molecule has 0 aliphatic heterocycles. The third-order valence-corrected chi connectivity index (χ3v) is 5.48. The van der Waals surface area contributed by atoms with E-state index in [1.54, 1.807) is 11.6 Å². The van der Waals surface area contributed by atoms with Gasteiger partial charge in [-0.15, -0.1) is 10.2 Å². The molecule has 0 spiro atoms. The van der Waals surface area contributed by atoms with Crippen LogP contribution in [-0.2, 0) is 25.3 Å². The zero-order valence-corrected chi connectivity index (χ0v) is 19.2. The maximum atomic E-state index is 14.4. The van der Waals surface area contributed by atoms with Gasteiger partial charge in [0.25, 0.3) is 0 Å². The van der Waals surface area contributed by atoms with Crippen molar-refractivity contribution >= 4 is 0 Å². The van der Waals surface area contributed by atoms with E-state index in [0.29, 0.717) is 31.0 Å². The molecule has 0 radical (unpaired) electrons. The van der Waals surface area contributed by atoms with E-state index in [1.807, 2.05) is 55.5 Å². The summed E-state index contributed by atoms with van der Waals surface area (Å²) in [5.41, 5.74) is 4.17. The molecular weight excluding hydrogens is 436 g/mol. The van der Waals surface area contributed by atoms with Crippen molar-refractivity contribution in [1.82, 2.24) is 35.4 Å². The van der Waals surface area contributed by atoms with Gasteiger partial charge in [0.2, 0.25) is 5.82 Å². The first-order chi connectivity index (χ1) is 16.5. The molecule has 176 valence electrons. The summed E-state index contributed by atoms with van der Waals surface area (Å²) in [5, 5.41) is 18.2. The van der Waals surface area contributed by atoms with E-state index in [0.717, 1.165) is 28.7 Å². The van der Waals surface area contributed by atoms with Crippen LogP contribution in [-0.4, -0.2) is 35.4 Å². The van der Waals surface area contributed by atoms with E-state index in [-0.39, 0.29) is 6.42 Å². The number of tetrazole rings is 1. The van der Waals surface area contributed by atoms with Gasteiger partial charge >= 0.3 is 5.92 Å². The Balaban J connectivity index is 1.49. The minimum Gasteiger partial charge on any atom is -0.245 e. The van der Waals surface area contributed by atoms with Crippen LogP contribution >= 0.6 is 0 Å². The average molecular weight is 464 g/mol. The molecule has 0 atom stereocenters. The summed E-state index contributed by atoms with van der Waals surface area (Å²) < 4.78 is 30.4. The number of aromatic nitrogens is 7. The lowest BCUT2D eigenvalue weighted by atomic mass is 10.0. The van der Waals surface area contributed by atoms with Gasteiger partial charge in [-0.25, -0.2) is 14.8 Å². The second-order valence-corrected chi connectivity index (χ2v) is 8.18. The van der Waals surface area contributed by atoms with E-state index < -0.39 is 11.7 Å². The lowest BCUT2D eigenvalue weighted by Gasteiger charge is -2.10. The predicted octanol–water partition coefficient (Wildman–Crippen LogP) is 5.11. The standard InChI is InChI=1S/C25H27F2N7/c1-3-5-9-22-28-24(25(26,27)14-4-2)31-34(22)17-19-12-10-18(11-13-19)15-20-7-6-8-21(16-20)23-29-32-33-30-23/h3,5-8,10-13,16H,4,9,14-15,17H2,1-2H3,(H,29,30,32,33). The molecule has 34 heavy (non-hydrogen) atoms. The highest BCUT2D eigenvalue weighted by atomic mass is 19.3. The van der Waals surface area contributed by atoms with Gasteiger partial charge in [-0.3, -0.25) is 0 Å². The Hall–Kier alpha value is -3.75. The molecule has 0 aliphatic rings. The lowest BCUT2D eigenvalue weighted by Crippen LogP contribution is -2.15. The number of H-pyrrole nitrogens is 1. The number of aromatic amines is 1. The monoisotopic (exact) mass is 463 g/mol. The molecule has 0 saturated heterocycles. The van der Waals surface area contributed by atoms with Crippen LogP contribution in [0.15, 0.2) is 60.7 Å². The molecular formula is C25H27F2N7. The molecule has 4 rings (SSSR count). The molecule has 2 aromatic carbocycles. The minimum absolute atomic E-state index is 0.261. The largest absolute Gasteiger partial charge is 0.308 e. The van der Waals surface area contributed by atoms with Crippen molar-refractivity contribution in [2.24, 2.45) is 0 Å². The Morgan fingerprint density at radius 2 is 1.85 bits per heavy atom. The summed E-state index contributed by atoms with van der Waals surface area (Å²) in [6.07, 6.45) is 5.09. The number of nitrogens with one attached hydrogen (secondary N) is 1. The highest BCUT2D eigenvalue weighted by molar-refractivity contribution is 5.55. The maximum Gasteiger partial charge on any atom is 0.308 e. The van der Waals surface area contributed by atoms with Gasteiger partial charge < -0.3 is 0 Å². The summed E-state index contributed by atoms with van der Waals surface area (Å²) in [6, 6.07) is 16.1. The zero-order chi connectivity index (χ0) is 24.0. The molecule has 0 saturated carbocycles. The number of hydrogen-bond donors (Lipinski definition) is 1. The molecule has 0 fully saturated rings. The van der Waals surface area contributed by atoms with Crippen molar-refractivity contribution in [2.45, 2.75) is 52.0 Å². The second-order valence-electron chi connectivity index (χ2n) is 8.18. The molecule has 2 heterocycles. The van der Waals surface area contributed by atoms with Crippen LogP contribution in [0.25, 0.3) is 11.4 Å². The minimum atomic E-state index is -3.02. The average Bonchev–Trinajstić information content (AvgIpc) is 3.50. The Morgan fingerprint density at radius 3 is 2.56 bits per heavy atom. The van der Waals surface area contributed by atoms with Crippen LogP contribution in [0, 0.1) is 0 Å². The quantitative estimate of drug-likeness (QED) is 0.331. The molecule has 0 amide bonds. The third-order valence-electron chi connectivity index (χ3n) is 5.48. The van der Waals surface area contributed by atoms with Crippen molar-refractivity contribution in [3.8, 4) is 11.4 Å². The predicted molar refractivity (Wildman–Crippen MR) is 125 cm³/mol. The second kappa shape index (κ2) is 10.5. The van der Waals surface area contributed by atoms with E-state index >= 15 is 0 Å². The number of rotatable bonds is 10. The van der Waals surface area contributed by atoms with Gasteiger partial charge in [0, 0.05) is 18.4 Å². The van der Waals surface area contributed by atoms with Gasteiger partial charge in [0.1, 0.15) is 5.82 Å². The smallest absolute Gasteiger partial charge is 0.245 e. The first-order valence-electron chi connectivity index (χ1n) is 11.3. The lowest BCUT2D eigenvalue weighted by molar-refractivity contribution is -0.0232. The number of nitrogens with zero attached hydrogens (tertiary/aromatic N) is 6. The number of benzene rings is 2. The van der Waals surface area contributed by atoms with Crippen LogP contribution < -0.4 is 0 Å². The maximum absolute atomic E-state index is 14.4. The Labute approximate surface area is 196 Å². The molecule has 0 aliphatic carbocycles. The van der Waals surface area contributed by atoms with Crippen LogP contribution in [0.3, 0.4) is 0 Å². The van der Waals surface area contributed by atoms with Gasteiger partial charge in [-0.1, -0.05) is 61.5 Å². The van der Waals surface area contributed by atoms with Crippen molar-refractivity contribution in [2.75, 3.05) is 0 Å². The van der Waals surface area contributed by atoms with Crippen molar-refractivity contribution < 1.29 is 8.78 Å². The summed E-state index contributed by atoms with van der Waals surface area (Å²) >= 11 is 0.